The first kappa shape index (κ1) is 18.3. The Bertz CT molecular complexity index is 592. The summed E-state index contributed by atoms with van der Waals surface area (Å²) in [6.45, 7) is 4.70. The highest BCUT2D eigenvalue weighted by Gasteiger charge is 2.51. The van der Waals surface area contributed by atoms with E-state index in [9.17, 15) is 0 Å². The van der Waals surface area contributed by atoms with Crippen molar-refractivity contribution in [3.8, 4) is 5.69 Å². The SMILES string of the molecule is Cl.Cl.c1ccc(-n2cc(CCNCC3[C@H]4CNC[C@@H]34)cn2)cc1. The van der Waals surface area contributed by atoms with E-state index in [4.69, 9.17) is 0 Å². The van der Waals surface area contributed by atoms with Crippen LogP contribution in [0, 0.1) is 17.8 Å². The van der Waals surface area contributed by atoms with E-state index in [1.165, 1.54) is 25.2 Å². The summed E-state index contributed by atoms with van der Waals surface area (Å²) < 4.78 is 1.95. The van der Waals surface area contributed by atoms with Gasteiger partial charge in [-0.3, -0.25) is 0 Å². The van der Waals surface area contributed by atoms with Crippen molar-refractivity contribution in [1.82, 2.24) is 20.4 Å². The van der Waals surface area contributed by atoms with Crippen LogP contribution in [-0.4, -0.2) is 36.0 Å². The highest BCUT2D eigenvalue weighted by Crippen LogP contribution is 2.47. The summed E-state index contributed by atoms with van der Waals surface area (Å²) in [7, 11) is 0. The molecule has 3 atom stereocenters. The first-order valence-corrected chi connectivity index (χ1v) is 7.92. The molecule has 1 aromatic carbocycles. The third-order valence-corrected chi connectivity index (χ3v) is 4.90. The molecule has 1 unspecified atom stereocenters. The zero-order valence-electron chi connectivity index (χ0n) is 13.0. The minimum absolute atomic E-state index is 0. The molecule has 126 valence electrons. The van der Waals surface area contributed by atoms with Gasteiger partial charge in [-0.15, -0.1) is 24.8 Å². The van der Waals surface area contributed by atoms with Gasteiger partial charge in [-0.25, -0.2) is 4.68 Å². The summed E-state index contributed by atoms with van der Waals surface area (Å²) in [5.74, 6) is 2.84. The predicted octanol–water partition coefficient (Wildman–Crippen LogP) is 2.31. The summed E-state index contributed by atoms with van der Waals surface area (Å²) in [6.07, 6.45) is 5.16. The fraction of sp³-hybridized carbons (Fsp3) is 0.471. The van der Waals surface area contributed by atoms with Crippen molar-refractivity contribution in [1.29, 1.82) is 0 Å². The first-order chi connectivity index (χ1) is 10.4. The van der Waals surface area contributed by atoms with Crippen LogP contribution in [0.3, 0.4) is 0 Å². The van der Waals surface area contributed by atoms with E-state index in [2.05, 4.69) is 34.1 Å². The minimum Gasteiger partial charge on any atom is -0.316 e. The Balaban J connectivity index is 0.000000960. The van der Waals surface area contributed by atoms with E-state index in [0.717, 1.165) is 36.4 Å². The number of halogens is 2. The van der Waals surface area contributed by atoms with Crippen LogP contribution in [0.2, 0.25) is 0 Å². The van der Waals surface area contributed by atoms with Gasteiger partial charge in [0, 0.05) is 6.20 Å². The number of nitrogens with one attached hydrogen (secondary N) is 2. The molecule has 0 bridgehead atoms. The lowest BCUT2D eigenvalue weighted by molar-refractivity contribution is 0.541. The third-order valence-electron chi connectivity index (χ3n) is 4.90. The number of fused-ring (bicyclic) bond motifs is 1. The summed E-state index contributed by atoms with van der Waals surface area (Å²) in [6, 6.07) is 10.3. The van der Waals surface area contributed by atoms with Crippen molar-refractivity contribution in [2.45, 2.75) is 6.42 Å². The summed E-state index contributed by atoms with van der Waals surface area (Å²) in [4.78, 5) is 0. The van der Waals surface area contributed by atoms with Gasteiger partial charge in [0.2, 0.25) is 0 Å². The summed E-state index contributed by atoms with van der Waals surface area (Å²) in [5.41, 5.74) is 2.42. The number of hydrogen-bond acceptors (Lipinski definition) is 3. The van der Waals surface area contributed by atoms with Crippen LogP contribution < -0.4 is 10.6 Å². The molecule has 4 nitrogen and oxygen atoms in total. The van der Waals surface area contributed by atoms with Crippen LogP contribution >= 0.6 is 24.8 Å². The predicted molar refractivity (Wildman–Crippen MR) is 98.0 cm³/mol. The topological polar surface area (TPSA) is 41.9 Å². The molecule has 1 saturated heterocycles. The lowest BCUT2D eigenvalue weighted by Gasteiger charge is -2.06. The zero-order chi connectivity index (χ0) is 14.1. The molecule has 1 aliphatic carbocycles. The van der Waals surface area contributed by atoms with Crippen molar-refractivity contribution in [2.24, 2.45) is 17.8 Å². The Morgan fingerprint density at radius 2 is 1.87 bits per heavy atom. The Morgan fingerprint density at radius 1 is 1.13 bits per heavy atom. The number of benzene rings is 1. The molecule has 2 fully saturated rings. The molecule has 1 saturated carbocycles. The molecular formula is C17H24Cl2N4. The van der Waals surface area contributed by atoms with Crippen molar-refractivity contribution >= 4 is 24.8 Å². The fourth-order valence-electron chi connectivity index (χ4n) is 3.56. The molecule has 4 rings (SSSR count). The van der Waals surface area contributed by atoms with E-state index < -0.39 is 0 Å². The van der Waals surface area contributed by atoms with E-state index >= 15 is 0 Å². The molecule has 2 aromatic rings. The second-order valence-electron chi connectivity index (χ2n) is 6.23. The largest absolute Gasteiger partial charge is 0.316 e. The average Bonchev–Trinajstić information content (AvgIpc) is 2.93. The Hall–Kier alpha value is -1.07. The zero-order valence-corrected chi connectivity index (χ0v) is 14.7. The van der Waals surface area contributed by atoms with E-state index in [1.54, 1.807) is 0 Å². The average molecular weight is 355 g/mol. The Labute approximate surface area is 149 Å². The summed E-state index contributed by atoms with van der Waals surface area (Å²) >= 11 is 0. The summed E-state index contributed by atoms with van der Waals surface area (Å²) in [5, 5.41) is 11.5. The molecule has 2 aliphatic rings. The minimum atomic E-state index is 0. The normalized spacial score (nSPS) is 24.4. The van der Waals surface area contributed by atoms with Crippen molar-refractivity contribution in [3.63, 3.8) is 0 Å². The second kappa shape index (κ2) is 8.15. The molecule has 0 spiro atoms. The van der Waals surface area contributed by atoms with Gasteiger partial charge in [-0.1, -0.05) is 18.2 Å². The number of hydrogen-bond donors (Lipinski definition) is 2. The maximum atomic E-state index is 4.44. The standard InChI is InChI=1S/C17H22N4.2ClH/c1-2-4-14(5-3-1)21-12-13(8-20-21)6-7-18-9-15-16-10-19-11-17(15)16;;/h1-5,8,12,15-19H,6-7,9-11H2;2*1H/t15?,16-,17+;;. The van der Waals surface area contributed by atoms with Gasteiger partial charge in [0.1, 0.15) is 0 Å². The maximum absolute atomic E-state index is 4.44. The van der Waals surface area contributed by atoms with Crippen LogP contribution in [0.5, 0.6) is 0 Å². The van der Waals surface area contributed by atoms with Gasteiger partial charge in [0.05, 0.1) is 11.9 Å². The molecular weight excluding hydrogens is 331 g/mol. The Kier molecular flexibility index (Phi) is 6.48. The molecule has 1 aromatic heterocycles. The molecule has 2 heterocycles. The van der Waals surface area contributed by atoms with Crippen LogP contribution in [0.4, 0.5) is 0 Å². The van der Waals surface area contributed by atoms with E-state index in [0.29, 0.717) is 0 Å². The third kappa shape index (κ3) is 4.07. The molecule has 6 heteroatoms. The second-order valence-corrected chi connectivity index (χ2v) is 6.23. The number of piperidine rings is 1. The molecule has 23 heavy (non-hydrogen) atoms. The van der Waals surface area contributed by atoms with Gasteiger partial charge in [0.25, 0.3) is 0 Å². The van der Waals surface area contributed by atoms with E-state index in [-0.39, 0.29) is 24.8 Å². The maximum Gasteiger partial charge on any atom is 0.0645 e. The molecule has 0 amide bonds. The van der Waals surface area contributed by atoms with Crippen LogP contribution in [0.1, 0.15) is 5.56 Å². The fourth-order valence-corrected chi connectivity index (χ4v) is 3.56. The first-order valence-electron chi connectivity index (χ1n) is 7.92. The lowest BCUT2D eigenvalue weighted by Crippen LogP contribution is -2.24. The van der Waals surface area contributed by atoms with Crippen molar-refractivity contribution in [3.05, 3.63) is 48.3 Å². The van der Waals surface area contributed by atoms with Gasteiger partial charge >= 0.3 is 0 Å². The highest BCUT2D eigenvalue weighted by atomic mass is 35.5. The van der Waals surface area contributed by atoms with Crippen LogP contribution in [-0.2, 0) is 6.42 Å². The Morgan fingerprint density at radius 3 is 2.61 bits per heavy atom. The molecule has 1 aliphatic heterocycles. The lowest BCUT2D eigenvalue weighted by atomic mass is 10.2. The molecule has 2 N–H and O–H groups in total. The molecule has 0 radical (unpaired) electrons. The van der Waals surface area contributed by atoms with Crippen molar-refractivity contribution < 1.29 is 0 Å². The number of nitrogens with zero attached hydrogens (tertiary/aromatic N) is 2. The number of para-hydroxylation sites is 1. The van der Waals surface area contributed by atoms with Crippen LogP contribution in [0.25, 0.3) is 5.69 Å². The highest BCUT2D eigenvalue weighted by molar-refractivity contribution is 5.85. The van der Waals surface area contributed by atoms with Crippen molar-refractivity contribution in [2.75, 3.05) is 26.2 Å². The number of rotatable bonds is 6. The van der Waals surface area contributed by atoms with Gasteiger partial charge < -0.3 is 10.6 Å². The van der Waals surface area contributed by atoms with Gasteiger partial charge in [0.15, 0.2) is 0 Å². The smallest absolute Gasteiger partial charge is 0.0645 e. The monoisotopic (exact) mass is 354 g/mol. The van der Waals surface area contributed by atoms with E-state index in [1.807, 2.05) is 29.1 Å². The number of aromatic nitrogens is 2. The van der Waals surface area contributed by atoms with Gasteiger partial charge in [-0.2, -0.15) is 5.10 Å². The van der Waals surface area contributed by atoms with Gasteiger partial charge in [-0.05, 0) is 68.0 Å². The quantitative estimate of drug-likeness (QED) is 0.782. The van der Waals surface area contributed by atoms with Crippen LogP contribution in [0.15, 0.2) is 42.7 Å².